The van der Waals surface area contributed by atoms with Crippen molar-refractivity contribution in [2.45, 2.75) is 11.3 Å². The first-order valence-corrected chi connectivity index (χ1v) is 10.1. The molecule has 0 fully saturated rings. The van der Waals surface area contributed by atoms with Gasteiger partial charge in [0.15, 0.2) is 0 Å². The molecule has 0 aliphatic carbocycles. The van der Waals surface area contributed by atoms with Crippen LogP contribution in [0.3, 0.4) is 0 Å². The summed E-state index contributed by atoms with van der Waals surface area (Å²) < 4.78 is 37.4. The largest absolute Gasteiger partial charge is 0.497 e. The van der Waals surface area contributed by atoms with E-state index in [-0.39, 0.29) is 16.3 Å². The van der Waals surface area contributed by atoms with Gasteiger partial charge in [0.1, 0.15) is 15.5 Å². The molecule has 0 bridgehead atoms. The van der Waals surface area contributed by atoms with E-state index < -0.39 is 16.0 Å². The van der Waals surface area contributed by atoms with Gasteiger partial charge in [0, 0.05) is 23.6 Å². The van der Waals surface area contributed by atoms with E-state index in [1.807, 2.05) is 24.4 Å². The van der Waals surface area contributed by atoms with Gasteiger partial charge in [-0.05, 0) is 41.6 Å². The minimum atomic E-state index is -3.80. The lowest BCUT2D eigenvalue weighted by Gasteiger charge is -2.07. The Hall–Kier alpha value is -2.36. The van der Waals surface area contributed by atoms with Crippen LogP contribution in [0.4, 0.5) is 0 Å². The van der Waals surface area contributed by atoms with Crippen molar-refractivity contribution in [1.29, 1.82) is 0 Å². The molecule has 138 valence electrons. The van der Waals surface area contributed by atoms with E-state index in [0.29, 0.717) is 6.42 Å². The number of methoxy groups -OCH3 is 2. The summed E-state index contributed by atoms with van der Waals surface area (Å²) in [5.74, 6) is 0.0732. The normalized spacial score (nSPS) is 11.6. The van der Waals surface area contributed by atoms with E-state index in [0.717, 1.165) is 33.6 Å². The smallest absolute Gasteiger partial charge is 0.349 e. The number of hydrogen-bond acceptors (Lipinski definition) is 6. The average Bonchev–Trinajstić information content (AvgIpc) is 3.28. The highest BCUT2D eigenvalue weighted by atomic mass is 32.2. The van der Waals surface area contributed by atoms with Crippen LogP contribution in [0, 0.1) is 0 Å². The first kappa shape index (κ1) is 18.4. The third kappa shape index (κ3) is 3.59. The van der Waals surface area contributed by atoms with Gasteiger partial charge < -0.3 is 14.5 Å². The number of esters is 1. The second-order valence-corrected chi connectivity index (χ2v) is 8.13. The number of H-pyrrole nitrogens is 1. The second kappa shape index (κ2) is 7.48. The number of benzene rings is 1. The maximum absolute atomic E-state index is 12.5. The second-order valence-electron chi connectivity index (χ2n) is 5.48. The van der Waals surface area contributed by atoms with Gasteiger partial charge in [0.25, 0.3) is 0 Å². The minimum Gasteiger partial charge on any atom is -0.497 e. The number of nitrogens with one attached hydrogen (secondary N) is 2. The Balaban J connectivity index is 1.74. The number of carbonyl (C=O) groups excluding carboxylic acids is 1. The molecule has 0 aliphatic heterocycles. The van der Waals surface area contributed by atoms with Crippen molar-refractivity contribution >= 4 is 38.2 Å². The Morgan fingerprint density at radius 1 is 1.27 bits per heavy atom. The monoisotopic (exact) mass is 394 g/mol. The first-order chi connectivity index (χ1) is 12.5. The average molecular weight is 394 g/mol. The molecular weight excluding hydrogens is 376 g/mol. The topological polar surface area (TPSA) is 97.5 Å². The fraction of sp³-hybridized carbons (Fsp3) is 0.235. The van der Waals surface area contributed by atoms with E-state index in [1.54, 1.807) is 12.5 Å². The number of hydrogen-bond donors (Lipinski definition) is 2. The SMILES string of the molecule is COC(=O)c1sccc1S(=O)(=O)NCCc1c[nH]c2ccc(OC)cc12. The molecule has 2 heterocycles. The standard InChI is InChI=1S/C17H18N2O5S2/c1-23-12-3-4-14-13(9-12)11(10-18-14)5-7-19-26(21,22)15-6-8-25-16(15)17(20)24-2/h3-4,6,8-10,18-19H,5,7H2,1-2H3. The molecule has 0 unspecified atom stereocenters. The minimum absolute atomic E-state index is 0.0602. The molecule has 0 aliphatic rings. The molecule has 0 saturated carbocycles. The maximum atomic E-state index is 12.5. The fourth-order valence-corrected chi connectivity index (χ4v) is 5.00. The zero-order valence-electron chi connectivity index (χ0n) is 14.2. The molecule has 0 amide bonds. The van der Waals surface area contributed by atoms with Crippen LogP contribution in [-0.2, 0) is 21.2 Å². The van der Waals surface area contributed by atoms with Gasteiger partial charge in [-0.15, -0.1) is 11.3 Å². The van der Waals surface area contributed by atoms with E-state index in [1.165, 1.54) is 13.2 Å². The summed E-state index contributed by atoms with van der Waals surface area (Å²) in [5.41, 5.74) is 1.93. The molecule has 3 aromatic rings. The van der Waals surface area contributed by atoms with Crippen molar-refractivity contribution in [3.8, 4) is 5.75 Å². The lowest BCUT2D eigenvalue weighted by atomic mass is 10.1. The van der Waals surface area contributed by atoms with Crippen LogP contribution in [0.1, 0.15) is 15.2 Å². The van der Waals surface area contributed by atoms with Crippen LogP contribution < -0.4 is 9.46 Å². The lowest BCUT2D eigenvalue weighted by Crippen LogP contribution is -2.27. The van der Waals surface area contributed by atoms with Crippen LogP contribution in [0.25, 0.3) is 10.9 Å². The highest BCUT2D eigenvalue weighted by Crippen LogP contribution is 2.25. The highest BCUT2D eigenvalue weighted by Gasteiger charge is 2.24. The third-order valence-electron chi connectivity index (χ3n) is 3.95. The van der Waals surface area contributed by atoms with E-state index in [4.69, 9.17) is 4.74 Å². The van der Waals surface area contributed by atoms with Gasteiger partial charge in [0.2, 0.25) is 10.0 Å². The quantitative estimate of drug-likeness (QED) is 0.600. The summed E-state index contributed by atoms with van der Waals surface area (Å²) >= 11 is 1.03. The van der Waals surface area contributed by atoms with Crippen LogP contribution >= 0.6 is 11.3 Å². The molecule has 0 radical (unpaired) electrons. The molecule has 2 aromatic heterocycles. The number of aromatic amines is 1. The fourth-order valence-electron chi connectivity index (χ4n) is 2.64. The van der Waals surface area contributed by atoms with Crippen molar-refractivity contribution in [2.24, 2.45) is 0 Å². The molecule has 0 saturated heterocycles. The maximum Gasteiger partial charge on any atom is 0.349 e. The van der Waals surface area contributed by atoms with Crippen molar-refractivity contribution in [3.63, 3.8) is 0 Å². The van der Waals surface area contributed by atoms with Crippen molar-refractivity contribution in [3.05, 3.63) is 46.3 Å². The molecule has 9 heteroatoms. The Morgan fingerprint density at radius 2 is 2.08 bits per heavy atom. The van der Waals surface area contributed by atoms with Crippen LogP contribution in [0.2, 0.25) is 0 Å². The number of fused-ring (bicyclic) bond motifs is 1. The summed E-state index contributed by atoms with van der Waals surface area (Å²) in [6.07, 6.45) is 2.34. The molecule has 3 rings (SSSR count). The van der Waals surface area contributed by atoms with Gasteiger partial charge in [-0.3, -0.25) is 0 Å². The van der Waals surface area contributed by atoms with Gasteiger partial charge in [-0.1, -0.05) is 0 Å². The van der Waals surface area contributed by atoms with Crippen LogP contribution in [-0.4, -0.2) is 40.1 Å². The summed E-state index contributed by atoms with van der Waals surface area (Å²) in [4.78, 5) is 14.8. The number of sulfonamides is 1. The van der Waals surface area contributed by atoms with Gasteiger partial charge in [0.05, 0.1) is 14.2 Å². The van der Waals surface area contributed by atoms with Crippen LogP contribution in [0.15, 0.2) is 40.7 Å². The molecular formula is C17H18N2O5S2. The number of rotatable bonds is 7. The Morgan fingerprint density at radius 3 is 2.81 bits per heavy atom. The van der Waals surface area contributed by atoms with E-state index in [9.17, 15) is 13.2 Å². The van der Waals surface area contributed by atoms with Crippen molar-refractivity contribution in [1.82, 2.24) is 9.71 Å². The number of thiophene rings is 1. The van der Waals surface area contributed by atoms with Crippen molar-refractivity contribution in [2.75, 3.05) is 20.8 Å². The Kier molecular flexibility index (Phi) is 5.30. The number of aromatic nitrogens is 1. The summed E-state index contributed by atoms with van der Waals surface area (Å²) in [7, 11) is -0.979. The predicted molar refractivity (Wildman–Crippen MR) is 99.4 cm³/mol. The number of carbonyl (C=O) groups is 1. The predicted octanol–water partition coefficient (Wildman–Crippen LogP) is 2.55. The molecule has 2 N–H and O–H groups in total. The molecule has 0 spiro atoms. The van der Waals surface area contributed by atoms with E-state index in [2.05, 4.69) is 14.4 Å². The summed E-state index contributed by atoms with van der Waals surface area (Å²) in [5, 5.41) is 2.53. The van der Waals surface area contributed by atoms with Gasteiger partial charge in [-0.25, -0.2) is 17.9 Å². The third-order valence-corrected chi connectivity index (χ3v) is 6.48. The zero-order valence-corrected chi connectivity index (χ0v) is 15.9. The molecule has 7 nitrogen and oxygen atoms in total. The van der Waals surface area contributed by atoms with Crippen LogP contribution in [0.5, 0.6) is 5.75 Å². The summed E-state index contributed by atoms with van der Waals surface area (Å²) in [6.45, 7) is 0.197. The Labute approximate surface area is 155 Å². The molecule has 0 atom stereocenters. The lowest BCUT2D eigenvalue weighted by molar-refractivity contribution is 0.0602. The first-order valence-electron chi connectivity index (χ1n) is 7.75. The molecule has 26 heavy (non-hydrogen) atoms. The van der Waals surface area contributed by atoms with Crippen molar-refractivity contribution < 1.29 is 22.7 Å². The van der Waals surface area contributed by atoms with Gasteiger partial charge >= 0.3 is 5.97 Å². The summed E-state index contributed by atoms with van der Waals surface area (Å²) in [6, 6.07) is 7.08. The zero-order chi connectivity index (χ0) is 18.7. The Bertz CT molecular complexity index is 1040. The highest BCUT2D eigenvalue weighted by molar-refractivity contribution is 7.89. The van der Waals surface area contributed by atoms with Gasteiger partial charge in [-0.2, -0.15) is 0 Å². The number of ether oxygens (including phenoxy) is 2. The van der Waals surface area contributed by atoms with E-state index >= 15 is 0 Å². The molecule has 1 aromatic carbocycles.